The van der Waals surface area contributed by atoms with E-state index in [9.17, 15) is 18.3 Å². The summed E-state index contributed by atoms with van der Waals surface area (Å²) < 4.78 is 25.5. The van der Waals surface area contributed by atoms with Crippen molar-refractivity contribution in [2.45, 2.75) is 10.1 Å². The van der Waals surface area contributed by atoms with Crippen molar-refractivity contribution in [1.82, 2.24) is 0 Å². The zero-order chi connectivity index (χ0) is 15.0. The smallest absolute Gasteiger partial charge is 0.336 e. The Bertz CT molecular complexity index is 836. The molecular weight excluding hydrogens is 288 g/mol. The van der Waals surface area contributed by atoms with Gasteiger partial charge < -0.3 is 5.11 Å². The Morgan fingerprint density at radius 3 is 2.24 bits per heavy atom. The largest absolute Gasteiger partial charge is 0.478 e. The maximum absolute atomic E-state index is 12.7. The van der Waals surface area contributed by atoms with Crippen LogP contribution in [0.2, 0.25) is 0 Å². The summed E-state index contributed by atoms with van der Waals surface area (Å²) in [5.74, 6) is -1.12. The van der Waals surface area contributed by atoms with Crippen LogP contribution < -0.4 is 0 Å². The minimum absolute atomic E-state index is 0.0371. The molecule has 0 aliphatic heterocycles. The minimum Gasteiger partial charge on any atom is -0.478 e. The van der Waals surface area contributed by atoms with Gasteiger partial charge in [-0.15, -0.1) is 0 Å². The van der Waals surface area contributed by atoms with E-state index in [1.54, 1.807) is 42.5 Å². The predicted molar refractivity (Wildman–Crippen MR) is 78.4 cm³/mol. The maximum atomic E-state index is 12.7. The SMILES string of the molecule is O=C(O)C1=CC(S(=O)(=O)c2ccccc2)c2ccccc21. The Kier molecular flexibility index (Phi) is 3.14. The van der Waals surface area contributed by atoms with Crippen molar-refractivity contribution < 1.29 is 18.3 Å². The summed E-state index contributed by atoms with van der Waals surface area (Å²) in [6.45, 7) is 0. The number of aliphatic carboxylic acids is 1. The van der Waals surface area contributed by atoms with Crippen molar-refractivity contribution in [3.63, 3.8) is 0 Å². The fraction of sp³-hybridized carbons (Fsp3) is 0.0625. The van der Waals surface area contributed by atoms with Crippen molar-refractivity contribution in [2.24, 2.45) is 0 Å². The lowest BCUT2D eigenvalue weighted by Crippen LogP contribution is -2.10. The normalized spacial score (nSPS) is 17.1. The summed E-state index contributed by atoms with van der Waals surface area (Å²) in [5.41, 5.74) is 1.02. The lowest BCUT2D eigenvalue weighted by Gasteiger charge is -2.12. The van der Waals surface area contributed by atoms with Gasteiger partial charge in [-0.3, -0.25) is 0 Å². The molecule has 0 heterocycles. The van der Waals surface area contributed by atoms with Crippen LogP contribution in [-0.2, 0) is 14.6 Å². The second-order valence-electron chi connectivity index (χ2n) is 4.75. The van der Waals surface area contributed by atoms with Crippen LogP contribution in [0.4, 0.5) is 0 Å². The van der Waals surface area contributed by atoms with Crippen molar-refractivity contribution in [2.75, 3.05) is 0 Å². The van der Waals surface area contributed by atoms with Gasteiger partial charge in [0.15, 0.2) is 9.84 Å². The third-order valence-corrected chi connectivity index (χ3v) is 5.50. The molecule has 0 saturated carbocycles. The van der Waals surface area contributed by atoms with E-state index in [0.29, 0.717) is 11.1 Å². The van der Waals surface area contributed by atoms with Crippen LogP contribution in [0.25, 0.3) is 5.57 Å². The Hall–Kier alpha value is -2.40. The maximum Gasteiger partial charge on any atom is 0.336 e. The van der Waals surface area contributed by atoms with E-state index in [2.05, 4.69) is 0 Å². The highest BCUT2D eigenvalue weighted by Gasteiger charge is 2.36. The van der Waals surface area contributed by atoms with Gasteiger partial charge in [0, 0.05) is 0 Å². The number of carboxylic acids is 1. The zero-order valence-electron chi connectivity index (χ0n) is 10.9. The third-order valence-electron chi connectivity index (χ3n) is 3.51. The van der Waals surface area contributed by atoms with Gasteiger partial charge in [-0.25, -0.2) is 13.2 Å². The lowest BCUT2D eigenvalue weighted by molar-refractivity contribution is -0.130. The van der Waals surface area contributed by atoms with Gasteiger partial charge in [0.05, 0.1) is 10.5 Å². The molecule has 0 amide bonds. The quantitative estimate of drug-likeness (QED) is 0.946. The topological polar surface area (TPSA) is 71.4 Å². The van der Waals surface area contributed by atoms with Crippen molar-refractivity contribution in [3.05, 3.63) is 71.8 Å². The van der Waals surface area contributed by atoms with E-state index in [1.807, 2.05) is 0 Å². The van der Waals surface area contributed by atoms with Gasteiger partial charge >= 0.3 is 5.97 Å². The number of sulfone groups is 1. The fourth-order valence-electron chi connectivity index (χ4n) is 2.52. The van der Waals surface area contributed by atoms with E-state index in [-0.39, 0.29) is 10.5 Å². The molecule has 106 valence electrons. The number of hydrogen-bond acceptors (Lipinski definition) is 3. The van der Waals surface area contributed by atoms with Crippen LogP contribution in [0.5, 0.6) is 0 Å². The molecule has 4 nitrogen and oxygen atoms in total. The van der Waals surface area contributed by atoms with E-state index in [1.165, 1.54) is 18.2 Å². The second kappa shape index (κ2) is 4.86. The standard InChI is InChI=1S/C16H12O4S/c17-16(18)14-10-15(13-9-5-4-8-12(13)14)21(19,20)11-6-2-1-3-7-11/h1-10,15H,(H,17,18). The molecule has 2 aromatic rings. The summed E-state index contributed by atoms with van der Waals surface area (Å²) >= 11 is 0. The molecule has 5 heteroatoms. The van der Waals surface area contributed by atoms with Crippen LogP contribution >= 0.6 is 0 Å². The average Bonchev–Trinajstić information content (AvgIpc) is 2.88. The van der Waals surface area contributed by atoms with Gasteiger partial charge in [0.25, 0.3) is 0 Å². The molecule has 0 saturated heterocycles. The van der Waals surface area contributed by atoms with E-state index < -0.39 is 21.1 Å². The lowest BCUT2D eigenvalue weighted by atomic mass is 10.1. The molecule has 1 atom stereocenters. The Balaban J connectivity index is 2.18. The number of carboxylic acid groups (broad SMARTS) is 1. The first-order valence-electron chi connectivity index (χ1n) is 6.35. The van der Waals surface area contributed by atoms with Gasteiger partial charge in [-0.2, -0.15) is 0 Å². The second-order valence-corrected chi connectivity index (χ2v) is 6.82. The highest BCUT2D eigenvalue weighted by molar-refractivity contribution is 7.91. The van der Waals surface area contributed by atoms with Gasteiger partial charge in [0.2, 0.25) is 0 Å². The molecular formula is C16H12O4S. The van der Waals surface area contributed by atoms with Crippen molar-refractivity contribution in [1.29, 1.82) is 0 Å². The number of fused-ring (bicyclic) bond motifs is 1. The molecule has 1 aliphatic rings. The molecule has 1 aliphatic carbocycles. The number of rotatable bonds is 3. The van der Waals surface area contributed by atoms with Crippen LogP contribution in [0, 0.1) is 0 Å². The predicted octanol–water partition coefficient (Wildman–Crippen LogP) is 2.68. The minimum atomic E-state index is -3.66. The summed E-state index contributed by atoms with van der Waals surface area (Å²) in [7, 11) is -3.66. The Labute approximate surface area is 122 Å². The molecule has 21 heavy (non-hydrogen) atoms. The molecule has 3 rings (SSSR count). The number of hydrogen-bond donors (Lipinski definition) is 1. The van der Waals surface area contributed by atoms with Gasteiger partial charge in [0.1, 0.15) is 5.25 Å². The molecule has 2 aromatic carbocycles. The number of benzene rings is 2. The molecule has 0 fully saturated rings. The van der Waals surface area contributed by atoms with E-state index in [0.717, 1.165) is 0 Å². The number of carbonyl (C=O) groups is 1. The highest BCUT2D eigenvalue weighted by Crippen LogP contribution is 2.41. The summed E-state index contributed by atoms with van der Waals surface area (Å²) in [5, 5.41) is 8.29. The van der Waals surface area contributed by atoms with Crippen LogP contribution in [0.1, 0.15) is 16.4 Å². The van der Waals surface area contributed by atoms with Crippen LogP contribution in [-0.4, -0.2) is 19.5 Å². The van der Waals surface area contributed by atoms with E-state index in [4.69, 9.17) is 0 Å². The molecule has 1 N–H and O–H groups in total. The Morgan fingerprint density at radius 2 is 1.57 bits per heavy atom. The van der Waals surface area contributed by atoms with Crippen LogP contribution in [0.15, 0.2) is 65.6 Å². The Morgan fingerprint density at radius 1 is 0.952 bits per heavy atom. The first-order chi connectivity index (χ1) is 10.0. The molecule has 0 radical (unpaired) electrons. The molecule has 1 unspecified atom stereocenters. The molecule has 0 spiro atoms. The summed E-state index contributed by atoms with van der Waals surface area (Å²) in [6, 6.07) is 14.8. The third kappa shape index (κ3) is 2.15. The van der Waals surface area contributed by atoms with Gasteiger partial charge in [-0.1, -0.05) is 42.5 Å². The first kappa shape index (κ1) is 13.6. The van der Waals surface area contributed by atoms with Crippen molar-refractivity contribution in [3.8, 4) is 0 Å². The van der Waals surface area contributed by atoms with Gasteiger partial charge in [-0.05, 0) is 29.3 Å². The zero-order valence-corrected chi connectivity index (χ0v) is 11.7. The van der Waals surface area contributed by atoms with E-state index >= 15 is 0 Å². The average molecular weight is 300 g/mol. The summed E-state index contributed by atoms with van der Waals surface area (Å²) in [4.78, 5) is 11.5. The fourth-order valence-corrected chi connectivity index (χ4v) is 4.21. The monoisotopic (exact) mass is 300 g/mol. The van der Waals surface area contributed by atoms with Crippen molar-refractivity contribution >= 4 is 21.4 Å². The molecule has 0 bridgehead atoms. The van der Waals surface area contributed by atoms with Crippen LogP contribution in [0.3, 0.4) is 0 Å². The molecule has 0 aromatic heterocycles. The highest BCUT2D eigenvalue weighted by atomic mass is 32.2. The first-order valence-corrected chi connectivity index (χ1v) is 7.90. The summed E-state index contributed by atoms with van der Waals surface area (Å²) in [6.07, 6.45) is 1.31.